The highest BCUT2D eigenvalue weighted by molar-refractivity contribution is 9.10. The SMILES string of the molecule is Cc1ccc(CC(NN)c2ccc(F)c(Br)c2)cc1C. The van der Waals surface area contributed by atoms with Gasteiger partial charge in [0, 0.05) is 0 Å². The third-order valence-corrected chi connectivity index (χ3v) is 4.17. The smallest absolute Gasteiger partial charge is 0.137 e. The standard InChI is InChI=1S/C16H18BrFN2/c1-10-3-4-12(7-11(10)2)8-16(20-19)13-5-6-15(18)14(17)9-13/h3-7,9,16,20H,8,19H2,1-2H3. The van der Waals surface area contributed by atoms with E-state index in [0.717, 1.165) is 12.0 Å². The molecule has 0 aliphatic rings. The van der Waals surface area contributed by atoms with E-state index >= 15 is 0 Å². The van der Waals surface area contributed by atoms with E-state index in [1.54, 1.807) is 12.1 Å². The molecular formula is C16H18BrFN2. The number of rotatable bonds is 4. The van der Waals surface area contributed by atoms with Crippen LogP contribution in [0.15, 0.2) is 40.9 Å². The van der Waals surface area contributed by atoms with Crippen LogP contribution in [-0.4, -0.2) is 0 Å². The summed E-state index contributed by atoms with van der Waals surface area (Å²) >= 11 is 3.21. The second-order valence-electron chi connectivity index (χ2n) is 5.02. The van der Waals surface area contributed by atoms with Crippen LogP contribution < -0.4 is 11.3 Å². The van der Waals surface area contributed by atoms with Gasteiger partial charge in [-0.25, -0.2) is 4.39 Å². The van der Waals surface area contributed by atoms with Crippen LogP contribution in [0.5, 0.6) is 0 Å². The Morgan fingerprint density at radius 1 is 1.15 bits per heavy atom. The zero-order valence-electron chi connectivity index (χ0n) is 11.6. The number of hydrogen-bond acceptors (Lipinski definition) is 2. The number of hydrogen-bond donors (Lipinski definition) is 2. The van der Waals surface area contributed by atoms with E-state index in [0.29, 0.717) is 4.47 Å². The minimum absolute atomic E-state index is 0.0472. The van der Waals surface area contributed by atoms with Crippen LogP contribution >= 0.6 is 15.9 Å². The molecule has 0 aliphatic carbocycles. The Morgan fingerprint density at radius 3 is 2.50 bits per heavy atom. The molecule has 0 amide bonds. The quantitative estimate of drug-likeness (QED) is 0.655. The fourth-order valence-electron chi connectivity index (χ4n) is 2.17. The lowest BCUT2D eigenvalue weighted by atomic mass is 9.97. The zero-order valence-corrected chi connectivity index (χ0v) is 13.2. The molecule has 0 fully saturated rings. The first-order chi connectivity index (χ1) is 9.51. The molecular weight excluding hydrogens is 319 g/mol. The van der Waals surface area contributed by atoms with Gasteiger partial charge in [-0.2, -0.15) is 0 Å². The van der Waals surface area contributed by atoms with E-state index in [1.807, 2.05) is 0 Å². The average molecular weight is 337 g/mol. The van der Waals surface area contributed by atoms with E-state index in [9.17, 15) is 4.39 Å². The molecule has 0 radical (unpaired) electrons. The molecule has 0 saturated carbocycles. The van der Waals surface area contributed by atoms with Crippen molar-refractivity contribution >= 4 is 15.9 Å². The van der Waals surface area contributed by atoms with Crippen molar-refractivity contribution < 1.29 is 4.39 Å². The van der Waals surface area contributed by atoms with E-state index in [1.165, 1.54) is 22.8 Å². The lowest BCUT2D eigenvalue weighted by Crippen LogP contribution is -2.29. The maximum absolute atomic E-state index is 13.3. The van der Waals surface area contributed by atoms with Gasteiger partial charge in [0.2, 0.25) is 0 Å². The molecule has 2 rings (SSSR count). The molecule has 0 aromatic heterocycles. The Bertz CT molecular complexity index is 613. The number of benzene rings is 2. The highest BCUT2D eigenvalue weighted by Gasteiger charge is 2.12. The molecule has 0 spiro atoms. The monoisotopic (exact) mass is 336 g/mol. The average Bonchev–Trinajstić information content (AvgIpc) is 2.43. The minimum Gasteiger partial charge on any atom is -0.271 e. The van der Waals surface area contributed by atoms with Crippen LogP contribution in [-0.2, 0) is 6.42 Å². The highest BCUT2D eigenvalue weighted by Crippen LogP contribution is 2.24. The molecule has 20 heavy (non-hydrogen) atoms. The van der Waals surface area contributed by atoms with Crippen molar-refractivity contribution in [3.05, 3.63) is 68.9 Å². The van der Waals surface area contributed by atoms with Gasteiger partial charge in [0.05, 0.1) is 10.5 Å². The molecule has 0 aliphatic heterocycles. The van der Waals surface area contributed by atoms with Gasteiger partial charge in [0.25, 0.3) is 0 Å². The summed E-state index contributed by atoms with van der Waals surface area (Å²) in [6, 6.07) is 11.3. The molecule has 2 nitrogen and oxygen atoms in total. The number of nitrogens with two attached hydrogens (primary N) is 1. The number of aryl methyl sites for hydroxylation is 2. The van der Waals surface area contributed by atoms with Crippen LogP contribution in [0.2, 0.25) is 0 Å². The molecule has 0 heterocycles. The van der Waals surface area contributed by atoms with Gasteiger partial charge in [0.1, 0.15) is 5.82 Å². The van der Waals surface area contributed by atoms with Crippen LogP contribution in [0.3, 0.4) is 0 Å². The van der Waals surface area contributed by atoms with Crippen molar-refractivity contribution in [1.82, 2.24) is 5.43 Å². The van der Waals surface area contributed by atoms with Crippen molar-refractivity contribution in [2.75, 3.05) is 0 Å². The Labute approximate surface area is 127 Å². The molecule has 106 valence electrons. The normalized spacial score (nSPS) is 12.4. The fourth-order valence-corrected chi connectivity index (χ4v) is 2.56. The van der Waals surface area contributed by atoms with Gasteiger partial charge in [0.15, 0.2) is 0 Å². The number of hydrazine groups is 1. The van der Waals surface area contributed by atoms with Crippen molar-refractivity contribution in [2.45, 2.75) is 26.3 Å². The van der Waals surface area contributed by atoms with E-state index in [4.69, 9.17) is 5.84 Å². The second kappa shape index (κ2) is 6.48. The van der Waals surface area contributed by atoms with Crippen molar-refractivity contribution in [1.29, 1.82) is 0 Å². The summed E-state index contributed by atoms with van der Waals surface area (Å²) in [5, 5.41) is 0. The number of halogens is 2. The predicted molar refractivity (Wildman–Crippen MR) is 83.8 cm³/mol. The molecule has 2 aromatic carbocycles. The third kappa shape index (κ3) is 3.45. The summed E-state index contributed by atoms with van der Waals surface area (Å²) in [5.41, 5.74) is 7.50. The highest BCUT2D eigenvalue weighted by atomic mass is 79.9. The number of nitrogens with one attached hydrogen (secondary N) is 1. The Balaban J connectivity index is 2.23. The topological polar surface area (TPSA) is 38.0 Å². The van der Waals surface area contributed by atoms with E-state index in [2.05, 4.69) is 53.4 Å². The molecule has 0 bridgehead atoms. The van der Waals surface area contributed by atoms with E-state index in [-0.39, 0.29) is 11.9 Å². The molecule has 4 heteroatoms. The first-order valence-electron chi connectivity index (χ1n) is 6.48. The van der Waals surface area contributed by atoms with Gasteiger partial charge < -0.3 is 0 Å². The maximum Gasteiger partial charge on any atom is 0.137 e. The summed E-state index contributed by atoms with van der Waals surface area (Å²) in [5.74, 6) is 5.38. The first-order valence-corrected chi connectivity index (χ1v) is 7.27. The van der Waals surface area contributed by atoms with Gasteiger partial charge in [-0.1, -0.05) is 24.3 Å². The van der Waals surface area contributed by atoms with Crippen molar-refractivity contribution in [2.24, 2.45) is 5.84 Å². The largest absolute Gasteiger partial charge is 0.271 e. The van der Waals surface area contributed by atoms with Gasteiger partial charge in [-0.15, -0.1) is 0 Å². The Hall–Kier alpha value is -1.23. The molecule has 3 N–H and O–H groups in total. The van der Waals surface area contributed by atoms with Gasteiger partial charge in [-0.3, -0.25) is 11.3 Å². The Kier molecular flexibility index (Phi) is 4.91. The second-order valence-corrected chi connectivity index (χ2v) is 5.87. The summed E-state index contributed by atoms with van der Waals surface area (Å²) in [4.78, 5) is 0. The maximum atomic E-state index is 13.3. The van der Waals surface area contributed by atoms with Crippen LogP contribution in [0, 0.1) is 19.7 Å². The van der Waals surface area contributed by atoms with Crippen LogP contribution in [0.25, 0.3) is 0 Å². The molecule has 1 atom stereocenters. The summed E-state index contributed by atoms with van der Waals surface area (Å²) < 4.78 is 13.7. The molecule has 1 unspecified atom stereocenters. The summed E-state index contributed by atoms with van der Waals surface area (Å²) in [6.45, 7) is 4.19. The predicted octanol–water partition coefficient (Wildman–Crippen LogP) is 3.95. The molecule has 0 saturated heterocycles. The summed E-state index contributed by atoms with van der Waals surface area (Å²) in [7, 11) is 0. The van der Waals surface area contributed by atoms with Gasteiger partial charge >= 0.3 is 0 Å². The van der Waals surface area contributed by atoms with Crippen LogP contribution in [0.1, 0.15) is 28.3 Å². The first kappa shape index (κ1) is 15.2. The van der Waals surface area contributed by atoms with Crippen LogP contribution in [0.4, 0.5) is 4.39 Å². The zero-order chi connectivity index (χ0) is 14.7. The minimum atomic E-state index is -0.268. The Morgan fingerprint density at radius 2 is 1.90 bits per heavy atom. The van der Waals surface area contributed by atoms with E-state index < -0.39 is 0 Å². The van der Waals surface area contributed by atoms with Gasteiger partial charge in [-0.05, 0) is 70.6 Å². The summed E-state index contributed by atoms with van der Waals surface area (Å²) in [6.07, 6.45) is 0.760. The molecule has 2 aromatic rings. The lowest BCUT2D eigenvalue weighted by Gasteiger charge is -2.17. The van der Waals surface area contributed by atoms with Crippen molar-refractivity contribution in [3.63, 3.8) is 0 Å². The van der Waals surface area contributed by atoms with Crippen molar-refractivity contribution in [3.8, 4) is 0 Å². The lowest BCUT2D eigenvalue weighted by molar-refractivity contribution is 0.548. The fraction of sp³-hybridized carbons (Fsp3) is 0.250. The third-order valence-electron chi connectivity index (χ3n) is 3.56.